The van der Waals surface area contributed by atoms with Crippen LogP contribution in [0.4, 0.5) is 4.79 Å². The molecule has 0 aromatic heterocycles. The zero-order valence-electron chi connectivity index (χ0n) is 13.1. The number of urea groups is 1. The molecule has 116 valence electrons. The van der Waals surface area contributed by atoms with Crippen LogP contribution in [0.15, 0.2) is 24.3 Å². The van der Waals surface area contributed by atoms with E-state index in [1.807, 2.05) is 17.0 Å². The molecule has 1 fully saturated rings. The van der Waals surface area contributed by atoms with Gasteiger partial charge >= 0.3 is 6.03 Å². The molecule has 0 unspecified atom stereocenters. The van der Waals surface area contributed by atoms with Crippen molar-refractivity contribution in [2.75, 3.05) is 26.2 Å². The minimum atomic E-state index is 0.0785. The van der Waals surface area contributed by atoms with Crippen molar-refractivity contribution < 1.29 is 9.53 Å². The molecule has 0 saturated carbocycles. The molecule has 1 aromatic rings. The van der Waals surface area contributed by atoms with Crippen molar-refractivity contribution in [3.63, 3.8) is 0 Å². The molecular weight excluding hydrogens is 264 g/mol. The topological polar surface area (TPSA) is 41.6 Å². The minimum Gasteiger partial charge on any atom is -0.493 e. The number of aryl methyl sites for hydroxylation is 1. The summed E-state index contributed by atoms with van der Waals surface area (Å²) in [5.41, 5.74) is 1.24. The van der Waals surface area contributed by atoms with Crippen molar-refractivity contribution in [2.24, 2.45) is 5.92 Å². The summed E-state index contributed by atoms with van der Waals surface area (Å²) >= 11 is 0. The highest BCUT2D eigenvalue weighted by Crippen LogP contribution is 2.19. The van der Waals surface area contributed by atoms with Gasteiger partial charge in [-0.2, -0.15) is 0 Å². The summed E-state index contributed by atoms with van der Waals surface area (Å²) in [6, 6.07) is 8.24. The monoisotopic (exact) mass is 290 g/mol. The van der Waals surface area contributed by atoms with Crippen molar-refractivity contribution in [1.29, 1.82) is 0 Å². The number of hydrogen-bond donors (Lipinski definition) is 1. The predicted octanol–water partition coefficient (Wildman–Crippen LogP) is 3.21. The number of hydrogen-bond acceptors (Lipinski definition) is 2. The van der Waals surface area contributed by atoms with E-state index in [-0.39, 0.29) is 6.03 Å². The first kappa shape index (κ1) is 15.7. The van der Waals surface area contributed by atoms with Crippen LogP contribution in [0.5, 0.6) is 5.75 Å². The van der Waals surface area contributed by atoms with Gasteiger partial charge in [-0.25, -0.2) is 4.79 Å². The summed E-state index contributed by atoms with van der Waals surface area (Å²) < 4.78 is 5.84. The van der Waals surface area contributed by atoms with Gasteiger partial charge in [0.1, 0.15) is 5.75 Å². The fraction of sp³-hybridized carbons (Fsp3) is 0.588. The SMILES string of the molecule is CCCNC(=O)N1CCC(COc2ccc(C)cc2)CC1. The Morgan fingerprint density at radius 2 is 1.95 bits per heavy atom. The van der Waals surface area contributed by atoms with E-state index < -0.39 is 0 Å². The Kier molecular flexibility index (Phi) is 5.90. The average molecular weight is 290 g/mol. The zero-order valence-corrected chi connectivity index (χ0v) is 13.1. The lowest BCUT2D eigenvalue weighted by Crippen LogP contribution is -2.45. The third-order valence-corrected chi connectivity index (χ3v) is 3.93. The number of amides is 2. The van der Waals surface area contributed by atoms with Crippen LogP contribution < -0.4 is 10.1 Å². The molecule has 1 saturated heterocycles. The van der Waals surface area contributed by atoms with Crippen LogP contribution in [0.1, 0.15) is 31.7 Å². The number of rotatable bonds is 5. The molecular formula is C17H26N2O2. The molecule has 0 radical (unpaired) electrons. The van der Waals surface area contributed by atoms with Gasteiger partial charge in [0.25, 0.3) is 0 Å². The first-order valence-corrected chi connectivity index (χ1v) is 7.91. The van der Waals surface area contributed by atoms with Crippen LogP contribution in [-0.4, -0.2) is 37.2 Å². The van der Waals surface area contributed by atoms with Gasteiger partial charge < -0.3 is 15.0 Å². The van der Waals surface area contributed by atoms with Gasteiger partial charge in [0, 0.05) is 19.6 Å². The van der Waals surface area contributed by atoms with E-state index in [4.69, 9.17) is 4.74 Å². The number of carbonyl (C=O) groups is 1. The molecule has 1 heterocycles. The van der Waals surface area contributed by atoms with E-state index in [2.05, 4.69) is 31.3 Å². The normalized spacial score (nSPS) is 15.8. The highest BCUT2D eigenvalue weighted by molar-refractivity contribution is 5.74. The fourth-order valence-electron chi connectivity index (χ4n) is 2.50. The molecule has 21 heavy (non-hydrogen) atoms. The Morgan fingerprint density at radius 1 is 1.29 bits per heavy atom. The minimum absolute atomic E-state index is 0.0785. The van der Waals surface area contributed by atoms with Crippen LogP contribution in [0.25, 0.3) is 0 Å². The lowest BCUT2D eigenvalue weighted by atomic mass is 9.98. The number of carbonyl (C=O) groups excluding carboxylic acids is 1. The lowest BCUT2D eigenvalue weighted by molar-refractivity contribution is 0.145. The first-order chi connectivity index (χ1) is 10.2. The highest BCUT2D eigenvalue weighted by Gasteiger charge is 2.22. The summed E-state index contributed by atoms with van der Waals surface area (Å²) in [6.07, 6.45) is 3.02. The van der Waals surface area contributed by atoms with E-state index in [1.165, 1.54) is 5.56 Å². The van der Waals surface area contributed by atoms with Crippen molar-refractivity contribution in [3.05, 3.63) is 29.8 Å². The van der Waals surface area contributed by atoms with Crippen LogP contribution in [0.3, 0.4) is 0 Å². The number of nitrogens with one attached hydrogen (secondary N) is 1. The Hall–Kier alpha value is -1.71. The van der Waals surface area contributed by atoms with Crippen molar-refractivity contribution in [2.45, 2.75) is 33.1 Å². The molecule has 1 aromatic carbocycles. The van der Waals surface area contributed by atoms with Crippen LogP contribution in [0.2, 0.25) is 0 Å². The molecule has 1 aliphatic rings. The molecule has 1 aliphatic heterocycles. The van der Waals surface area contributed by atoms with E-state index >= 15 is 0 Å². The summed E-state index contributed by atoms with van der Waals surface area (Å²) in [5, 5.41) is 2.94. The van der Waals surface area contributed by atoms with Crippen LogP contribution in [-0.2, 0) is 0 Å². The van der Waals surface area contributed by atoms with Crippen LogP contribution >= 0.6 is 0 Å². The predicted molar refractivity (Wildman–Crippen MR) is 84.7 cm³/mol. The van der Waals surface area contributed by atoms with Crippen molar-refractivity contribution in [1.82, 2.24) is 10.2 Å². The van der Waals surface area contributed by atoms with Gasteiger partial charge in [-0.1, -0.05) is 24.6 Å². The summed E-state index contributed by atoms with van der Waals surface area (Å²) in [4.78, 5) is 13.8. The quantitative estimate of drug-likeness (QED) is 0.904. The molecule has 2 rings (SSSR count). The molecule has 0 spiro atoms. The van der Waals surface area contributed by atoms with Crippen molar-refractivity contribution >= 4 is 6.03 Å². The largest absolute Gasteiger partial charge is 0.493 e. The molecule has 4 nitrogen and oxygen atoms in total. The number of benzene rings is 1. The Bertz CT molecular complexity index is 437. The Morgan fingerprint density at radius 3 is 2.57 bits per heavy atom. The van der Waals surface area contributed by atoms with Gasteiger partial charge in [-0.05, 0) is 44.2 Å². The molecule has 1 N–H and O–H groups in total. The molecule has 0 atom stereocenters. The van der Waals surface area contributed by atoms with E-state index in [0.29, 0.717) is 5.92 Å². The van der Waals surface area contributed by atoms with E-state index in [0.717, 1.165) is 51.3 Å². The second kappa shape index (κ2) is 7.91. The van der Waals surface area contributed by atoms with E-state index in [9.17, 15) is 4.79 Å². The standard InChI is InChI=1S/C17H26N2O2/c1-3-10-18-17(20)19-11-8-15(9-12-19)13-21-16-6-4-14(2)5-7-16/h4-7,15H,3,8-13H2,1-2H3,(H,18,20). The lowest BCUT2D eigenvalue weighted by Gasteiger charge is -2.31. The summed E-state index contributed by atoms with van der Waals surface area (Å²) in [7, 11) is 0. The number of ether oxygens (including phenoxy) is 1. The molecule has 2 amide bonds. The molecule has 0 aliphatic carbocycles. The second-order valence-corrected chi connectivity index (χ2v) is 5.79. The zero-order chi connectivity index (χ0) is 15.1. The highest BCUT2D eigenvalue weighted by atomic mass is 16.5. The number of piperidine rings is 1. The molecule has 4 heteroatoms. The van der Waals surface area contributed by atoms with Gasteiger partial charge in [-0.3, -0.25) is 0 Å². The first-order valence-electron chi connectivity index (χ1n) is 7.91. The maximum atomic E-state index is 11.9. The Labute approximate surface area is 127 Å². The Balaban J connectivity index is 1.69. The average Bonchev–Trinajstić information content (AvgIpc) is 2.52. The molecule has 0 bridgehead atoms. The van der Waals surface area contributed by atoms with Crippen LogP contribution in [0, 0.1) is 12.8 Å². The number of nitrogens with zero attached hydrogens (tertiary/aromatic N) is 1. The number of likely N-dealkylation sites (tertiary alicyclic amines) is 1. The van der Waals surface area contributed by atoms with Crippen molar-refractivity contribution in [3.8, 4) is 5.75 Å². The van der Waals surface area contributed by atoms with Gasteiger partial charge in [0.05, 0.1) is 6.61 Å². The maximum Gasteiger partial charge on any atom is 0.317 e. The third-order valence-electron chi connectivity index (χ3n) is 3.93. The van der Waals surface area contributed by atoms with Gasteiger partial charge in [0.2, 0.25) is 0 Å². The second-order valence-electron chi connectivity index (χ2n) is 5.79. The van der Waals surface area contributed by atoms with Gasteiger partial charge in [0.15, 0.2) is 0 Å². The van der Waals surface area contributed by atoms with Gasteiger partial charge in [-0.15, -0.1) is 0 Å². The summed E-state index contributed by atoms with van der Waals surface area (Å²) in [6.45, 7) is 7.30. The maximum absolute atomic E-state index is 11.9. The van der Waals surface area contributed by atoms with E-state index in [1.54, 1.807) is 0 Å². The fourth-order valence-corrected chi connectivity index (χ4v) is 2.50. The summed E-state index contributed by atoms with van der Waals surface area (Å²) in [5.74, 6) is 1.48. The third kappa shape index (κ3) is 4.96. The smallest absolute Gasteiger partial charge is 0.317 e.